The molecule has 0 fully saturated rings. The van der Waals surface area contributed by atoms with Crippen molar-refractivity contribution < 1.29 is 9.59 Å². The fourth-order valence-electron chi connectivity index (χ4n) is 1.83. The van der Waals surface area contributed by atoms with Gasteiger partial charge in [0.15, 0.2) is 0 Å². The number of rotatable bonds is 6. The minimum absolute atomic E-state index is 0. The molecule has 0 aliphatic heterocycles. The number of likely N-dealkylation sites (N-methyl/N-ethyl adjacent to an activating group) is 1. The number of hydrogen-bond donors (Lipinski definition) is 2. The number of nitrogens with two attached hydrogens (primary N) is 1. The van der Waals surface area contributed by atoms with Crippen LogP contribution in [0.4, 0.5) is 0 Å². The Bertz CT molecular complexity index is 453. The third kappa shape index (κ3) is 6.14. The molecular formula is C15H24ClN3O2. The first-order chi connectivity index (χ1) is 9.45. The fraction of sp³-hybridized carbons (Fsp3) is 0.467. The van der Waals surface area contributed by atoms with E-state index in [0.717, 1.165) is 5.56 Å². The van der Waals surface area contributed by atoms with E-state index in [1.165, 1.54) is 0 Å². The summed E-state index contributed by atoms with van der Waals surface area (Å²) in [7, 11) is 1.70. The zero-order chi connectivity index (χ0) is 15.1. The maximum atomic E-state index is 12.0. The van der Waals surface area contributed by atoms with E-state index in [2.05, 4.69) is 5.32 Å². The molecule has 0 spiro atoms. The highest BCUT2D eigenvalue weighted by Crippen LogP contribution is 2.02. The van der Waals surface area contributed by atoms with Gasteiger partial charge in [0.1, 0.15) is 6.04 Å². The topological polar surface area (TPSA) is 75.4 Å². The normalized spacial score (nSPS) is 12.8. The highest BCUT2D eigenvalue weighted by Gasteiger charge is 2.21. The SMILES string of the molecule is CCN(C)C(=O)C(C)NC(=O)[C@@H](N)Cc1ccccc1.Cl. The summed E-state index contributed by atoms with van der Waals surface area (Å²) in [5, 5.41) is 2.66. The first kappa shape index (κ1) is 19.4. The van der Waals surface area contributed by atoms with Gasteiger partial charge in [0.05, 0.1) is 6.04 Å². The first-order valence-electron chi connectivity index (χ1n) is 6.80. The quantitative estimate of drug-likeness (QED) is 0.821. The van der Waals surface area contributed by atoms with E-state index in [1.807, 2.05) is 37.3 Å². The summed E-state index contributed by atoms with van der Waals surface area (Å²) in [6, 6.07) is 8.36. The van der Waals surface area contributed by atoms with Crippen LogP contribution >= 0.6 is 12.4 Å². The molecule has 1 rings (SSSR count). The Balaban J connectivity index is 0.00000400. The number of nitrogens with one attached hydrogen (secondary N) is 1. The van der Waals surface area contributed by atoms with Gasteiger partial charge in [-0.1, -0.05) is 30.3 Å². The van der Waals surface area contributed by atoms with E-state index in [1.54, 1.807) is 18.9 Å². The molecule has 0 aliphatic carbocycles. The summed E-state index contributed by atoms with van der Waals surface area (Å²) in [5.41, 5.74) is 6.87. The molecule has 21 heavy (non-hydrogen) atoms. The highest BCUT2D eigenvalue weighted by molar-refractivity contribution is 5.89. The van der Waals surface area contributed by atoms with Gasteiger partial charge in [-0.15, -0.1) is 12.4 Å². The van der Waals surface area contributed by atoms with Crippen LogP contribution in [0.5, 0.6) is 0 Å². The van der Waals surface area contributed by atoms with Crippen molar-refractivity contribution in [3.63, 3.8) is 0 Å². The molecular weight excluding hydrogens is 290 g/mol. The standard InChI is InChI=1S/C15H23N3O2.ClH/c1-4-18(3)15(20)11(2)17-14(19)13(16)10-12-8-6-5-7-9-12;/h5-9,11,13H,4,10,16H2,1-3H3,(H,17,19);1H/t11?,13-;/m0./s1. The summed E-state index contributed by atoms with van der Waals surface area (Å²) in [6.45, 7) is 4.16. The molecule has 0 aliphatic rings. The van der Waals surface area contributed by atoms with Crippen LogP contribution in [0.3, 0.4) is 0 Å². The van der Waals surface area contributed by atoms with Crippen molar-refractivity contribution in [2.45, 2.75) is 32.4 Å². The molecule has 3 N–H and O–H groups in total. The highest BCUT2D eigenvalue weighted by atomic mass is 35.5. The van der Waals surface area contributed by atoms with E-state index >= 15 is 0 Å². The summed E-state index contributed by atoms with van der Waals surface area (Å²) < 4.78 is 0. The van der Waals surface area contributed by atoms with Gasteiger partial charge in [0.25, 0.3) is 0 Å². The van der Waals surface area contributed by atoms with Crippen molar-refractivity contribution >= 4 is 24.2 Å². The van der Waals surface area contributed by atoms with Crippen LogP contribution in [0.2, 0.25) is 0 Å². The van der Waals surface area contributed by atoms with Crippen LogP contribution in [-0.2, 0) is 16.0 Å². The molecule has 118 valence electrons. The molecule has 0 heterocycles. The summed E-state index contributed by atoms with van der Waals surface area (Å²) in [6.07, 6.45) is 0.456. The molecule has 0 radical (unpaired) electrons. The molecule has 0 saturated heterocycles. The zero-order valence-electron chi connectivity index (χ0n) is 12.7. The molecule has 1 unspecified atom stereocenters. The third-order valence-electron chi connectivity index (χ3n) is 3.21. The average molecular weight is 314 g/mol. The van der Waals surface area contributed by atoms with Crippen LogP contribution in [0.25, 0.3) is 0 Å². The molecule has 2 amide bonds. The number of nitrogens with zero attached hydrogens (tertiary/aromatic N) is 1. The Morgan fingerprint density at radius 2 is 1.86 bits per heavy atom. The van der Waals surface area contributed by atoms with Crippen LogP contribution in [-0.4, -0.2) is 42.4 Å². The lowest BCUT2D eigenvalue weighted by atomic mass is 10.1. The van der Waals surface area contributed by atoms with Crippen molar-refractivity contribution in [3.8, 4) is 0 Å². The summed E-state index contributed by atoms with van der Waals surface area (Å²) >= 11 is 0. The first-order valence-corrected chi connectivity index (χ1v) is 6.80. The second-order valence-electron chi connectivity index (χ2n) is 4.88. The van der Waals surface area contributed by atoms with Gasteiger partial charge < -0.3 is 16.0 Å². The Morgan fingerprint density at radius 1 is 1.29 bits per heavy atom. The van der Waals surface area contributed by atoms with Crippen molar-refractivity contribution in [2.75, 3.05) is 13.6 Å². The third-order valence-corrected chi connectivity index (χ3v) is 3.21. The number of benzene rings is 1. The van der Waals surface area contributed by atoms with Gasteiger partial charge in [-0.2, -0.15) is 0 Å². The minimum Gasteiger partial charge on any atom is -0.344 e. The Morgan fingerprint density at radius 3 is 2.38 bits per heavy atom. The molecule has 0 saturated carbocycles. The van der Waals surface area contributed by atoms with Crippen molar-refractivity contribution in [1.82, 2.24) is 10.2 Å². The molecule has 1 aromatic rings. The molecule has 0 bridgehead atoms. The molecule has 0 aromatic heterocycles. The van der Waals surface area contributed by atoms with E-state index in [0.29, 0.717) is 13.0 Å². The lowest BCUT2D eigenvalue weighted by Crippen LogP contribution is -2.51. The maximum absolute atomic E-state index is 12.0. The van der Waals surface area contributed by atoms with Crippen LogP contribution in [0.15, 0.2) is 30.3 Å². The van der Waals surface area contributed by atoms with E-state index in [4.69, 9.17) is 5.73 Å². The average Bonchev–Trinajstić information content (AvgIpc) is 2.46. The molecule has 2 atom stereocenters. The number of halogens is 1. The van der Waals surface area contributed by atoms with Crippen molar-refractivity contribution in [3.05, 3.63) is 35.9 Å². The molecule has 6 heteroatoms. The van der Waals surface area contributed by atoms with E-state index in [9.17, 15) is 9.59 Å². The number of carbonyl (C=O) groups is 2. The lowest BCUT2D eigenvalue weighted by Gasteiger charge is -2.22. The van der Waals surface area contributed by atoms with Crippen LogP contribution in [0, 0.1) is 0 Å². The van der Waals surface area contributed by atoms with E-state index < -0.39 is 12.1 Å². The van der Waals surface area contributed by atoms with Gasteiger partial charge >= 0.3 is 0 Å². The molecule has 1 aromatic carbocycles. The van der Waals surface area contributed by atoms with Crippen LogP contribution < -0.4 is 11.1 Å². The molecule has 5 nitrogen and oxygen atoms in total. The number of carbonyl (C=O) groups excluding carboxylic acids is 2. The van der Waals surface area contributed by atoms with Gasteiger partial charge in [-0.3, -0.25) is 9.59 Å². The van der Waals surface area contributed by atoms with Gasteiger partial charge in [0, 0.05) is 13.6 Å². The summed E-state index contributed by atoms with van der Waals surface area (Å²) in [5.74, 6) is -0.424. The number of amides is 2. The Hall–Kier alpha value is -1.59. The predicted molar refractivity (Wildman–Crippen MR) is 86.3 cm³/mol. The zero-order valence-corrected chi connectivity index (χ0v) is 13.5. The Kier molecular flexibility index (Phi) is 8.66. The largest absolute Gasteiger partial charge is 0.344 e. The van der Waals surface area contributed by atoms with Gasteiger partial charge in [0.2, 0.25) is 11.8 Å². The lowest BCUT2D eigenvalue weighted by molar-refractivity contribution is -0.135. The second kappa shape index (κ2) is 9.37. The smallest absolute Gasteiger partial charge is 0.244 e. The predicted octanol–water partition coefficient (Wildman–Crippen LogP) is 0.961. The minimum atomic E-state index is -0.653. The maximum Gasteiger partial charge on any atom is 0.244 e. The van der Waals surface area contributed by atoms with Crippen molar-refractivity contribution in [2.24, 2.45) is 5.73 Å². The van der Waals surface area contributed by atoms with Gasteiger partial charge in [-0.05, 0) is 25.8 Å². The monoisotopic (exact) mass is 313 g/mol. The number of hydrogen-bond acceptors (Lipinski definition) is 3. The van der Waals surface area contributed by atoms with Crippen LogP contribution in [0.1, 0.15) is 19.4 Å². The van der Waals surface area contributed by atoms with E-state index in [-0.39, 0.29) is 24.2 Å². The van der Waals surface area contributed by atoms with Crippen molar-refractivity contribution in [1.29, 1.82) is 0 Å². The second-order valence-corrected chi connectivity index (χ2v) is 4.88. The summed E-state index contributed by atoms with van der Waals surface area (Å²) in [4.78, 5) is 25.4. The van der Waals surface area contributed by atoms with Gasteiger partial charge in [-0.25, -0.2) is 0 Å². The fourth-order valence-corrected chi connectivity index (χ4v) is 1.83. The Labute approximate surface area is 132 Å².